The van der Waals surface area contributed by atoms with Gasteiger partial charge in [0.05, 0.1) is 17.2 Å². The zero-order valence-electron chi connectivity index (χ0n) is 13.3. The molecular weight excluding hydrogens is 260 g/mol. The van der Waals surface area contributed by atoms with Crippen molar-refractivity contribution in [2.45, 2.75) is 45.8 Å². The lowest BCUT2D eigenvalue weighted by molar-refractivity contribution is -0.0664. The van der Waals surface area contributed by atoms with Gasteiger partial charge in [-0.25, -0.2) is 0 Å². The summed E-state index contributed by atoms with van der Waals surface area (Å²) in [6, 6.07) is 10.1. The highest BCUT2D eigenvalue weighted by Crippen LogP contribution is 2.33. The highest BCUT2D eigenvalue weighted by atomic mass is 16.3. The summed E-state index contributed by atoms with van der Waals surface area (Å²) in [6.45, 7) is 8.99. The molecular formula is C18H26N2O. The summed E-state index contributed by atoms with van der Waals surface area (Å²) in [5.74, 6) is 0.897. The third kappa shape index (κ3) is 4.06. The van der Waals surface area contributed by atoms with Crippen LogP contribution in [-0.4, -0.2) is 28.7 Å². The molecule has 1 aromatic carbocycles. The van der Waals surface area contributed by atoms with E-state index in [4.69, 9.17) is 0 Å². The van der Waals surface area contributed by atoms with Crippen molar-refractivity contribution in [3.63, 3.8) is 0 Å². The third-order valence-corrected chi connectivity index (χ3v) is 4.58. The van der Waals surface area contributed by atoms with Crippen molar-refractivity contribution in [1.29, 1.82) is 5.26 Å². The molecule has 3 nitrogen and oxygen atoms in total. The zero-order valence-corrected chi connectivity index (χ0v) is 13.3. The Morgan fingerprint density at radius 1 is 1.43 bits per heavy atom. The highest BCUT2D eigenvalue weighted by Gasteiger charge is 2.37. The van der Waals surface area contributed by atoms with Crippen LogP contribution in [0.5, 0.6) is 0 Å². The molecule has 1 aliphatic rings. The van der Waals surface area contributed by atoms with Crippen LogP contribution in [0.1, 0.15) is 44.7 Å². The number of nitriles is 1. The monoisotopic (exact) mass is 286 g/mol. The first-order chi connectivity index (χ1) is 9.92. The van der Waals surface area contributed by atoms with Crippen molar-refractivity contribution < 1.29 is 5.11 Å². The Kier molecular flexibility index (Phi) is 5.03. The first-order valence-corrected chi connectivity index (χ1v) is 7.85. The van der Waals surface area contributed by atoms with Gasteiger partial charge in [-0.3, -0.25) is 4.90 Å². The molecule has 21 heavy (non-hydrogen) atoms. The van der Waals surface area contributed by atoms with Gasteiger partial charge >= 0.3 is 0 Å². The molecule has 2 rings (SSSR count). The molecule has 0 saturated carbocycles. The van der Waals surface area contributed by atoms with Crippen LogP contribution < -0.4 is 0 Å². The maximum absolute atomic E-state index is 10.6. The molecule has 0 radical (unpaired) electrons. The minimum absolute atomic E-state index is 0.306. The fourth-order valence-electron chi connectivity index (χ4n) is 3.24. The Hall–Kier alpha value is -1.37. The Morgan fingerprint density at radius 2 is 2.14 bits per heavy atom. The molecule has 0 aliphatic carbocycles. The van der Waals surface area contributed by atoms with Gasteiger partial charge in [-0.05, 0) is 37.3 Å². The Bertz CT molecular complexity index is 516. The number of rotatable bonds is 4. The van der Waals surface area contributed by atoms with Gasteiger partial charge in [-0.2, -0.15) is 5.26 Å². The van der Waals surface area contributed by atoms with Crippen molar-refractivity contribution in [1.82, 2.24) is 4.90 Å². The number of benzene rings is 1. The average molecular weight is 286 g/mol. The first-order valence-electron chi connectivity index (χ1n) is 7.85. The summed E-state index contributed by atoms with van der Waals surface area (Å²) >= 11 is 0. The van der Waals surface area contributed by atoms with Crippen LogP contribution in [0.4, 0.5) is 0 Å². The van der Waals surface area contributed by atoms with Gasteiger partial charge in [0.1, 0.15) is 0 Å². The lowest BCUT2D eigenvalue weighted by Gasteiger charge is -2.43. The highest BCUT2D eigenvalue weighted by molar-refractivity contribution is 5.37. The van der Waals surface area contributed by atoms with Crippen LogP contribution in [0, 0.1) is 23.2 Å². The van der Waals surface area contributed by atoms with Crippen molar-refractivity contribution in [3.05, 3.63) is 35.4 Å². The number of piperidine rings is 1. The molecule has 114 valence electrons. The lowest BCUT2D eigenvalue weighted by Crippen LogP contribution is -2.50. The predicted molar refractivity (Wildman–Crippen MR) is 84.6 cm³/mol. The van der Waals surface area contributed by atoms with E-state index in [9.17, 15) is 10.4 Å². The van der Waals surface area contributed by atoms with Gasteiger partial charge < -0.3 is 5.11 Å². The van der Waals surface area contributed by atoms with Crippen LogP contribution in [-0.2, 0) is 6.54 Å². The summed E-state index contributed by atoms with van der Waals surface area (Å²) < 4.78 is 0. The molecule has 1 N–H and O–H groups in total. The number of hydrogen-bond donors (Lipinski definition) is 1. The fourth-order valence-corrected chi connectivity index (χ4v) is 3.24. The summed E-state index contributed by atoms with van der Waals surface area (Å²) in [6.07, 6.45) is 1.85. The van der Waals surface area contributed by atoms with Crippen molar-refractivity contribution in [2.75, 3.05) is 13.1 Å². The van der Waals surface area contributed by atoms with E-state index in [1.54, 1.807) is 0 Å². The molecule has 1 aromatic rings. The lowest BCUT2D eigenvalue weighted by atomic mass is 9.78. The van der Waals surface area contributed by atoms with E-state index in [0.29, 0.717) is 11.8 Å². The molecule has 0 unspecified atom stereocenters. The molecule has 0 spiro atoms. The van der Waals surface area contributed by atoms with E-state index >= 15 is 0 Å². The van der Waals surface area contributed by atoms with Crippen molar-refractivity contribution in [3.8, 4) is 6.07 Å². The number of likely N-dealkylation sites (tertiary alicyclic amines) is 1. The second-order valence-corrected chi connectivity index (χ2v) is 6.94. The summed E-state index contributed by atoms with van der Waals surface area (Å²) in [5.41, 5.74) is 1.29. The maximum atomic E-state index is 10.6. The van der Waals surface area contributed by atoms with E-state index in [1.807, 2.05) is 31.2 Å². The molecule has 0 bridgehead atoms. The fraction of sp³-hybridized carbons (Fsp3) is 0.611. The minimum atomic E-state index is -0.560. The molecule has 1 fully saturated rings. The smallest absolute Gasteiger partial charge is 0.0995 e. The number of hydrogen-bond acceptors (Lipinski definition) is 3. The SMILES string of the molecule is CC(C)C[C@H]1CN(Cc2ccccc2C#N)CC[C@@]1(C)O. The molecule has 3 heteroatoms. The van der Waals surface area contributed by atoms with Gasteiger partial charge in [0.2, 0.25) is 0 Å². The summed E-state index contributed by atoms with van der Waals surface area (Å²) in [5, 5.41) is 19.8. The number of aliphatic hydroxyl groups is 1. The first kappa shape index (κ1) is 16.0. The van der Waals surface area contributed by atoms with Gasteiger partial charge in [0.25, 0.3) is 0 Å². The van der Waals surface area contributed by atoms with E-state index in [1.165, 1.54) is 0 Å². The van der Waals surface area contributed by atoms with Gasteiger partial charge in [0.15, 0.2) is 0 Å². The predicted octanol–water partition coefficient (Wildman–Crippen LogP) is 3.18. The Morgan fingerprint density at radius 3 is 2.81 bits per heavy atom. The summed E-state index contributed by atoms with van der Waals surface area (Å²) in [7, 11) is 0. The normalized spacial score (nSPS) is 26.8. The standard InChI is InChI=1S/C18H26N2O/c1-14(2)10-17-13-20(9-8-18(17,3)21)12-16-7-5-4-6-15(16)11-19/h4-7,14,17,21H,8-10,12-13H2,1-3H3/t17-,18+/m0/s1. The van der Waals surface area contributed by atoms with Crippen LogP contribution in [0.3, 0.4) is 0 Å². The molecule has 1 saturated heterocycles. The van der Waals surface area contributed by atoms with Crippen LogP contribution in [0.15, 0.2) is 24.3 Å². The van der Waals surface area contributed by atoms with E-state index < -0.39 is 5.60 Å². The maximum Gasteiger partial charge on any atom is 0.0995 e. The minimum Gasteiger partial charge on any atom is -0.390 e. The Labute approximate surface area is 128 Å². The van der Waals surface area contributed by atoms with Gasteiger partial charge in [-0.1, -0.05) is 32.0 Å². The van der Waals surface area contributed by atoms with Crippen molar-refractivity contribution in [2.24, 2.45) is 11.8 Å². The quantitative estimate of drug-likeness (QED) is 0.924. The largest absolute Gasteiger partial charge is 0.390 e. The van der Waals surface area contributed by atoms with Gasteiger partial charge in [-0.15, -0.1) is 0 Å². The third-order valence-electron chi connectivity index (χ3n) is 4.58. The van der Waals surface area contributed by atoms with Crippen molar-refractivity contribution >= 4 is 0 Å². The van der Waals surface area contributed by atoms with Crippen LogP contribution in [0.25, 0.3) is 0 Å². The van der Waals surface area contributed by atoms with Crippen LogP contribution >= 0.6 is 0 Å². The summed E-state index contributed by atoms with van der Waals surface area (Å²) in [4.78, 5) is 2.38. The molecule has 1 aliphatic heterocycles. The van der Waals surface area contributed by atoms with E-state index in [-0.39, 0.29) is 0 Å². The van der Waals surface area contributed by atoms with Crippen LogP contribution in [0.2, 0.25) is 0 Å². The molecule has 2 atom stereocenters. The van der Waals surface area contributed by atoms with E-state index in [2.05, 4.69) is 24.8 Å². The van der Waals surface area contributed by atoms with Gasteiger partial charge in [0, 0.05) is 25.6 Å². The average Bonchev–Trinajstić information content (AvgIpc) is 2.43. The number of nitrogens with zero attached hydrogens (tertiary/aromatic N) is 2. The second kappa shape index (κ2) is 6.60. The topological polar surface area (TPSA) is 47.3 Å². The second-order valence-electron chi connectivity index (χ2n) is 6.94. The molecule has 1 heterocycles. The Balaban J connectivity index is 2.07. The van der Waals surface area contributed by atoms with E-state index in [0.717, 1.165) is 43.6 Å². The zero-order chi connectivity index (χ0) is 15.5. The molecule has 0 aromatic heterocycles. The molecule has 0 amide bonds.